The molecule has 26 heavy (non-hydrogen) atoms. The Kier molecular flexibility index (Phi) is 4.97. The van der Waals surface area contributed by atoms with E-state index in [9.17, 15) is 9.59 Å². The van der Waals surface area contributed by atoms with E-state index >= 15 is 0 Å². The lowest BCUT2D eigenvalue weighted by atomic mass is 10.1. The van der Waals surface area contributed by atoms with Crippen LogP contribution in [0, 0.1) is 0 Å². The van der Waals surface area contributed by atoms with Gasteiger partial charge in [0.15, 0.2) is 17.6 Å². The number of hydrogen-bond donors (Lipinski definition) is 2. The summed E-state index contributed by atoms with van der Waals surface area (Å²) in [4.78, 5) is 24.0. The molecule has 7 nitrogen and oxygen atoms in total. The fraction of sp³-hybridized carbons (Fsp3) is 0.263. The standard InChI is InChI=1S/C19H20N2O5/c1-11-19(23)21-14-10-13(5-7-15(14)26-11)20-18(22)9-12-4-6-16(24-2)17(8-12)25-3/h4-8,10-11H,9H2,1-3H3,(H,20,22)(H,21,23)/t11-/m1/s1. The molecule has 1 atom stereocenters. The van der Waals surface area contributed by atoms with Gasteiger partial charge in [-0.1, -0.05) is 6.07 Å². The van der Waals surface area contributed by atoms with E-state index in [4.69, 9.17) is 14.2 Å². The van der Waals surface area contributed by atoms with Crippen molar-refractivity contribution in [3.05, 3.63) is 42.0 Å². The minimum atomic E-state index is -0.534. The number of methoxy groups -OCH3 is 2. The van der Waals surface area contributed by atoms with E-state index in [0.29, 0.717) is 28.6 Å². The van der Waals surface area contributed by atoms with E-state index in [1.54, 1.807) is 51.5 Å². The van der Waals surface area contributed by atoms with E-state index in [1.165, 1.54) is 0 Å². The summed E-state index contributed by atoms with van der Waals surface area (Å²) in [5, 5.41) is 5.57. The number of nitrogens with one attached hydrogen (secondary N) is 2. The zero-order valence-corrected chi connectivity index (χ0v) is 14.8. The SMILES string of the molecule is COc1ccc(CC(=O)Nc2ccc3c(c2)NC(=O)[C@@H](C)O3)cc1OC. The molecule has 1 heterocycles. The summed E-state index contributed by atoms with van der Waals surface area (Å²) >= 11 is 0. The number of hydrogen-bond acceptors (Lipinski definition) is 5. The molecule has 136 valence electrons. The number of benzene rings is 2. The van der Waals surface area contributed by atoms with Gasteiger partial charge < -0.3 is 24.8 Å². The first-order valence-electron chi connectivity index (χ1n) is 8.12. The summed E-state index contributed by atoms with van der Waals surface area (Å²) in [6.45, 7) is 1.68. The lowest BCUT2D eigenvalue weighted by Crippen LogP contribution is -2.34. The Morgan fingerprint density at radius 3 is 2.65 bits per heavy atom. The van der Waals surface area contributed by atoms with Gasteiger partial charge in [-0.2, -0.15) is 0 Å². The minimum absolute atomic E-state index is 0.178. The third-order valence-electron chi connectivity index (χ3n) is 4.01. The molecule has 0 aliphatic carbocycles. The number of rotatable bonds is 5. The van der Waals surface area contributed by atoms with Gasteiger partial charge in [-0.3, -0.25) is 9.59 Å². The van der Waals surface area contributed by atoms with Crippen LogP contribution in [-0.2, 0) is 16.0 Å². The number of carbonyl (C=O) groups is 2. The van der Waals surface area contributed by atoms with Crippen molar-refractivity contribution in [1.82, 2.24) is 0 Å². The predicted molar refractivity (Wildman–Crippen MR) is 97.0 cm³/mol. The van der Waals surface area contributed by atoms with Crippen molar-refractivity contribution in [2.24, 2.45) is 0 Å². The van der Waals surface area contributed by atoms with Crippen LogP contribution in [-0.4, -0.2) is 32.1 Å². The molecule has 0 unspecified atom stereocenters. The first-order valence-corrected chi connectivity index (χ1v) is 8.12. The van der Waals surface area contributed by atoms with Crippen LogP contribution < -0.4 is 24.8 Å². The van der Waals surface area contributed by atoms with Crippen LogP contribution in [0.3, 0.4) is 0 Å². The molecule has 0 bridgehead atoms. The van der Waals surface area contributed by atoms with Crippen LogP contribution in [0.4, 0.5) is 11.4 Å². The van der Waals surface area contributed by atoms with E-state index < -0.39 is 6.10 Å². The summed E-state index contributed by atoms with van der Waals surface area (Å²) in [7, 11) is 3.11. The minimum Gasteiger partial charge on any atom is -0.493 e. The molecule has 3 rings (SSSR count). The Balaban J connectivity index is 1.69. The highest BCUT2D eigenvalue weighted by Crippen LogP contribution is 2.32. The van der Waals surface area contributed by atoms with E-state index in [-0.39, 0.29) is 18.2 Å². The Labute approximate surface area is 151 Å². The lowest BCUT2D eigenvalue weighted by molar-refractivity contribution is -0.122. The molecule has 1 aliphatic rings. The van der Waals surface area contributed by atoms with Gasteiger partial charge in [0.25, 0.3) is 5.91 Å². The first-order chi connectivity index (χ1) is 12.5. The first kappa shape index (κ1) is 17.6. The zero-order valence-electron chi connectivity index (χ0n) is 14.8. The van der Waals surface area contributed by atoms with Crippen molar-refractivity contribution in [2.45, 2.75) is 19.4 Å². The normalized spacial score (nSPS) is 15.3. The largest absolute Gasteiger partial charge is 0.493 e. The van der Waals surface area contributed by atoms with Crippen LogP contribution in [0.2, 0.25) is 0 Å². The van der Waals surface area contributed by atoms with Gasteiger partial charge in [-0.15, -0.1) is 0 Å². The van der Waals surface area contributed by atoms with Crippen LogP contribution in [0.5, 0.6) is 17.2 Å². The molecule has 2 N–H and O–H groups in total. The number of fused-ring (bicyclic) bond motifs is 1. The quantitative estimate of drug-likeness (QED) is 0.860. The van der Waals surface area contributed by atoms with Crippen molar-refractivity contribution in [2.75, 3.05) is 24.9 Å². The maximum atomic E-state index is 12.3. The van der Waals surface area contributed by atoms with Crippen LogP contribution >= 0.6 is 0 Å². The van der Waals surface area contributed by atoms with Gasteiger partial charge in [0, 0.05) is 5.69 Å². The monoisotopic (exact) mass is 356 g/mol. The Bertz CT molecular complexity index is 850. The summed E-state index contributed by atoms with van der Waals surface area (Å²) in [5.41, 5.74) is 1.91. The summed E-state index contributed by atoms with van der Waals surface area (Å²) in [6.07, 6.45) is -0.356. The number of carbonyl (C=O) groups excluding carboxylic acids is 2. The number of anilines is 2. The fourth-order valence-electron chi connectivity index (χ4n) is 2.67. The predicted octanol–water partition coefficient (Wildman–Crippen LogP) is 2.60. The molecule has 2 aromatic rings. The molecular weight excluding hydrogens is 336 g/mol. The third kappa shape index (κ3) is 3.72. The van der Waals surface area contributed by atoms with Gasteiger partial charge in [0.2, 0.25) is 5.91 Å². The smallest absolute Gasteiger partial charge is 0.265 e. The van der Waals surface area contributed by atoms with Crippen molar-refractivity contribution in [3.63, 3.8) is 0 Å². The number of ether oxygens (including phenoxy) is 3. The molecule has 2 aromatic carbocycles. The molecule has 0 fully saturated rings. The average Bonchev–Trinajstić information content (AvgIpc) is 2.62. The average molecular weight is 356 g/mol. The Hall–Kier alpha value is -3.22. The maximum Gasteiger partial charge on any atom is 0.265 e. The highest BCUT2D eigenvalue weighted by atomic mass is 16.5. The van der Waals surface area contributed by atoms with Crippen molar-refractivity contribution < 1.29 is 23.8 Å². The molecule has 0 saturated carbocycles. The van der Waals surface area contributed by atoms with Crippen LogP contribution in [0.15, 0.2) is 36.4 Å². The van der Waals surface area contributed by atoms with Gasteiger partial charge >= 0.3 is 0 Å². The van der Waals surface area contributed by atoms with Gasteiger partial charge in [-0.25, -0.2) is 0 Å². The van der Waals surface area contributed by atoms with Gasteiger partial charge in [-0.05, 0) is 42.8 Å². The highest BCUT2D eigenvalue weighted by molar-refractivity contribution is 5.99. The van der Waals surface area contributed by atoms with Crippen molar-refractivity contribution in [1.29, 1.82) is 0 Å². The highest BCUT2D eigenvalue weighted by Gasteiger charge is 2.23. The Morgan fingerprint density at radius 2 is 1.92 bits per heavy atom. The second kappa shape index (κ2) is 7.35. The molecule has 7 heteroatoms. The Morgan fingerprint density at radius 1 is 1.15 bits per heavy atom. The maximum absolute atomic E-state index is 12.3. The van der Waals surface area contributed by atoms with Crippen LogP contribution in [0.25, 0.3) is 0 Å². The second-order valence-corrected chi connectivity index (χ2v) is 5.87. The molecule has 2 amide bonds. The third-order valence-corrected chi connectivity index (χ3v) is 4.01. The van der Waals surface area contributed by atoms with Gasteiger partial charge in [0.05, 0.1) is 26.3 Å². The van der Waals surface area contributed by atoms with Crippen LogP contribution in [0.1, 0.15) is 12.5 Å². The molecule has 1 aliphatic heterocycles. The van der Waals surface area contributed by atoms with E-state index in [0.717, 1.165) is 5.56 Å². The molecule has 0 radical (unpaired) electrons. The summed E-state index contributed by atoms with van der Waals surface area (Å²) in [6, 6.07) is 10.5. The molecule has 0 aromatic heterocycles. The summed E-state index contributed by atoms with van der Waals surface area (Å²) in [5.74, 6) is 1.35. The molecular formula is C19H20N2O5. The van der Waals surface area contributed by atoms with E-state index in [1.807, 2.05) is 6.07 Å². The molecule has 0 spiro atoms. The van der Waals surface area contributed by atoms with Gasteiger partial charge in [0.1, 0.15) is 5.75 Å². The zero-order chi connectivity index (χ0) is 18.7. The van der Waals surface area contributed by atoms with Crippen molar-refractivity contribution in [3.8, 4) is 17.2 Å². The molecule has 0 saturated heterocycles. The lowest BCUT2D eigenvalue weighted by Gasteiger charge is -2.23. The topological polar surface area (TPSA) is 85.9 Å². The number of amides is 2. The van der Waals surface area contributed by atoms with Crippen molar-refractivity contribution >= 4 is 23.2 Å². The fourth-order valence-corrected chi connectivity index (χ4v) is 2.67. The summed E-state index contributed by atoms with van der Waals surface area (Å²) < 4.78 is 15.9. The van der Waals surface area contributed by atoms with E-state index in [2.05, 4.69) is 10.6 Å². The second-order valence-electron chi connectivity index (χ2n) is 5.87.